The topological polar surface area (TPSA) is 50.2 Å². The third kappa shape index (κ3) is 3.22. The minimum absolute atomic E-state index is 0.158. The second-order valence-corrected chi connectivity index (χ2v) is 6.36. The van der Waals surface area contributed by atoms with Gasteiger partial charge in [0, 0.05) is 6.08 Å². The number of carbonyl (C=O) groups is 1. The molecule has 2 aliphatic rings. The number of aryl methyl sites for hydroxylation is 1. The Kier molecular flexibility index (Phi) is 4.17. The van der Waals surface area contributed by atoms with Crippen molar-refractivity contribution in [2.75, 3.05) is 32.7 Å². The number of piperazine rings is 1. The number of carbonyl (C=O) groups excluding carboxylic acids is 1. The SMILES string of the molecule is CC[NH+]1CCN(C2=NC(=O)/C(=C\c3ccc(C)o3)S2)CC1. The van der Waals surface area contributed by atoms with E-state index in [0.717, 1.165) is 43.7 Å². The molecule has 6 heteroatoms. The first-order valence-electron chi connectivity index (χ1n) is 7.33. The van der Waals surface area contributed by atoms with Gasteiger partial charge in [-0.3, -0.25) is 4.79 Å². The highest BCUT2D eigenvalue weighted by atomic mass is 32.2. The van der Waals surface area contributed by atoms with Crippen LogP contribution in [0.4, 0.5) is 0 Å². The summed E-state index contributed by atoms with van der Waals surface area (Å²) in [6.45, 7) is 9.42. The first-order chi connectivity index (χ1) is 10.2. The number of rotatable bonds is 2. The standard InChI is InChI=1S/C15H19N3O2S/c1-3-17-6-8-18(9-7-17)15-16-14(19)13(21-15)10-12-5-4-11(2)20-12/h4-5,10H,3,6-9H2,1-2H3/p+1/b13-10+. The Hall–Kier alpha value is -1.53. The molecule has 1 aromatic rings. The summed E-state index contributed by atoms with van der Waals surface area (Å²) < 4.78 is 5.49. The molecule has 0 saturated carbocycles. The number of furan rings is 1. The molecular formula is C15H20N3O2S+. The van der Waals surface area contributed by atoms with E-state index in [1.165, 1.54) is 11.8 Å². The molecule has 1 amide bonds. The van der Waals surface area contributed by atoms with Crippen molar-refractivity contribution in [3.8, 4) is 0 Å². The monoisotopic (exact) mass is 306 g/mol. The molecule has 3 heterocycles. The van der Waals surface area contributed by atoms with Crippen LogP contribution in [-0.2, 0) is 4.79 Å². The summed E-state index contributed by atoms with van der Waals surface area (Å²) in [5.74, 6) is 1.39. The second kappa shape index (κ2) is 6.07. The molecule has 5 nitrogen and oxygen atoms in total. The van der Waals surface area contributed by atoms with Crippen LogP contribution in [0.15, 0.2) is 26.4 Å². The summed E-state index contributed by atoms with van der Waals surface area (Å²) in [4.78, 5) is 20.7. The molecule has 0 radical (unpaired) electrons. The average molecular weight is 306 g/mol. The molecule has 0 unspecified atom stereocenters. The number of quaternary nitrogens is 1. The molecule has 2 aliphatic heterocycles. The van der Waals surface area contributed by atoms with E-state index in [4.69, 9.17) is 4.42 Å². The van der Waals surface area contributed by atoms with Crippen molar-refractivity contribution >= 4 is 28.9 Å². The number of nitrogens with zero attached hydrogens (tertiary/aromatic N) is 2. The van der Waals surface area contributed by atoms with Crippen LogP contribution in [0.25, 0.3) is 6.08 Å². The van der Waals surface area contributed by atoms with Gasteiger partial charge < -0.3 is 14.2 Å². The van der Waals surface area contributed by atoms with E-state index in [1.807, 2.05) is 19.1 Å². The molecule has 21 heavy (non-hydrogen) atoms. The molecule has 0 aromatic carbocycles. The van der Waals surface area contributed by atoms with E-state index in [0.29, 0.717) is 10.7 Å². The zero-order valence-corrected chi connectivity index (χ0v) is 13.2. The predicted octanol–water partition coefficient (Wildman–Crippen LogP) is 0.779. The van der Waals surface area contributed by atoms with Gasteiger partial charge in [0.05, 0.1) is 37.6 Å². The van der Waals surface area contributed by atoms with E-state index in [1.54, 1.807) is 11.0 Å². The van der Waals surface area contributed by atoms with Gasteiger partial charge in [-0.2, -0.15) is 4.99 Å². The van der Waals surface area contributed by atoms with E-state index in [-0.39, 0.29) is 5.91 Å². The van der Waals surface area contributed by atoms with Crippen molar-refractivity contribution in [3.05, 3.63) is 28.6 Å². The Morgan fingerprint density at radius 2 is 2.19 bits per heavy atom. The Balaban J connectivity index is 1.66. The minimum Gasteiger partial charge on any atom is -0.462 e. The number of amidine groups is 1. The molecule has 1 aromatic heterocycles. The van der Waals surface area contributed by atoms with Gasteiger partial charge in [0.1, 0.15) is 11.5 Å². The van der Waals surface area contributed by atoms with Crippen molar-refractivity contribution in [1.29, 1.82) is 0 Å². The van der Waals surface area contributed by atoms with Crippen molar-refractivity contribution in [3.63, 3.8) is 0 Å². The highest BCUT2D eigenvalue weighted by Crippen LogP contribution is 2.30. The van der Waals surface area contributed by atoms with Gasteiger partial charge in [0.25, 0.3) is 5.91 Å². The first-order valence-corrected chi connectivity index (χ1v) is 8.15. The summed E-state index contributed by atoms with van der Waals surface area (Å²) in [5, 5.41) is 0.838. The molecule has 0 spiro atoms. The summed E-state index contributed by atoms with van der Waals surface area (Å²) in [6, 6.07) is 3.77. The number of amides is 1. The van der Waals surface area contributed by atoms with Crippen LogP contribution in [-0.4, -0.2) is 48.7 Å². The summed E-state index contributed by atoms with van der Waals surface area (Å²) in [7, 11) is 0. The zero-order valence-electron chi connectivity index (χ0n) is 12.4. The Labute approximate surface area is 128 Å². The fourth-order valence-corrected chi connectivity index (χ4v) is 3.51. The van der Waals surface area contributed by atoms with Gasteiger partial charge in [0.2, 0.25) is 0 Å². The summed E-state index contributed by atoms with van der Waals surface area (Å²) >= 11 is 1.46. The maximum Gasteiger partial charge on any atom is 0.286 e. The molecular weight excluding hydrogens is 286 g/mol. The van der Waals surface area contributed by atoms with Crippen LogP contribution >= 0.6 is 11.8 Å². The van der Waals surface area contributed by atoms with Gasteiger partial charge in [-0.25, -0.2) is 0 Å². The molecule has 3 rings (SSSR count). The fraction of sp³-hybridized carbons (Fsp3) is 0.467. The molecule has 112 valence electrons. The van der Waals surface area contributed by atoms with Crippen LogP contribution in [0.5, 0.6) is 0 Å². The lowest BCUT2D eigenvalue weighted by Crippen LogP contribution is -3.14. The zero-order chi connectivity index (χ0) is 14.8. The average Bonchev–Trinajstić information content (AvgIpc) is 3.06. The van der Waals surface area contributed by atoms with Gasteiger partial charge >= 0.3 is 0 Å². The van der Waals surface area contributed by atoms with Crippen molar-refractivity contribution < 1.29 is 14.1 Å². The molecule has 0 atom stereocenters. The molecule has 0 bridgehead atoms. The van der Waals surface area contributed by atoms with Crippen molar-refractivity contribution in [1.82, 2.24) is 4.90 Å². The highest BCUT2D eigenvalue weighted by Gasteiger charge is 2.29. The third-order valence-electron chi connectivity index (χ3n) is 3.88. The van der Waals surface area contributed by atoms with Gasteiger partial charge in [-0.15, -0.1) is 0 Å². The largest absolute Gasteiger partial charge is 0.462 e. The van der Waals surface area contributed by atoms with Crippen LogP contribution in [0.1, 0.15) is 18.4 Å². The van der Waals surface area contributed by atoms with E-state index in [9.17, 15) is 4.79 Å². The van der Waals surface area contributed by atoms with Gasteiger partial charge in [-0.1, -0.05) is 0 Å². The Morgan fingerprint density at radius 1 is 1.43 bits per heavy atom. The lowest BCUT2D eigenvalue weighted by Gasteiger charge is -2.32. The van der Waals surface area contributed by atoms with Crippen LogP contribution in [0, 0.1) is 6.92 Å². The number of likely N-dealkylation sites (N-methyl/N-ethyl adjacent to an activating group) is 1. The van der Waals surface area contributed by atoms with E-state index < -0.39 is 0 Å². The fourth-order valence-electron chi connectivity index (χ4n) is 2.56. The van der Waals surface area contributed by atoms with Crippen LogP contribution in [0.3, 0.4) is 0 Å². The maximum absolute atomic E-state index is 12.0. The van der Waals surface area contributed by atoms with Gasteiger partial charge in [-0.05, 0) is 37.7 Å². The number of aliphatic imine (C=N–C) groups is 1. The Bertz CT molecular complexity index is 598. The lowest BCUT2D eigenvalue weighted by atomic mass is 10.3. The quantitative estimate of drug-likeness (QED) is 0.821. The normalized spacial score (nSPS) is 22.2. The maximum atomic E-state index is 12.0. The summed E-state index contributed by atoms with van der Waals surface area (Å²) in [5.41, 5.74) is 0. The Morgan fingerprint density at radius 3 is 2.81 bits per heavy atom. The minimum atomic E-state index is -0.158. The summed E-state index contributed by atoms with van der Waals surface area (Å²) in [6.07, 6.45) is 1.78. The van der Waals surface area contributed by atoms with Gasteiger partial charge in [0.15, 0.2) is 5.17 Å². The number of nitrogens with one attached hydrogen (secondary N) is 1. The third-order valence-corrected chi connectivity index (χ3v) is 4.93. The smallest absolute Gasteiger partial charge is 0.286 e. The van der Waals surface area contributed by atoms with E-state index >= 15 is 0 Å². The number of thioether (sulfide) groups is 1. The predicted molar refractivity (Wildman–Crippen MR) is 84.3 cm³/mol. The first kappa shape index (κ1) is 14.4. The van der Waals surface area contributed by atoms with Crippen molar-refractivity contribution in [2.45, 2.75) is 13.8 Å². The molecule has 0 aliphatic carbocycles. The molecule has 1 fully saturated rings. The van der Waals surface area contributed by atoms with Crippen LogP contribution < -0.4 is 4.90 Å². The molecule has 1 saturated heterocycles. The van der Waals surface area contributed by atoms with Crippen molar-refractivity contribution in [2.24, 2.45) is 4.99 Å². The highest BCUT2D eigenvalue weighted by molar-refractivity contribution is 8.18. The lowest BCUT2D eigenvalue weighted by molar-refractivity contribution is -0.902. The van der Waals surface area contributed by atoms with E-state index in [2.05, 4.69) is 16.8 Å². The number of hydrogen-bond donors (Lipinski definition) is 1. The second-order valence-electron chi connectivity index (χ2n) is 5.35. The molecule has 1 N–H and O–H groups in total. The number of hydrogen-bond acceptors (Lipinski definition) is 4. The van der Waals surface area contributed by atoms with Crippen LogP contribution in [0.2, 0.25) is 0 Å².